The summed E-state index contributed by atoms with van der Waals surface area (Å²) in [5.41, 5.74) is 2.54. The fraction of sp³-hybridized carbons (Fsp3) is 0.333. The summed E-state index contributed by atoms with van der Waals surface area (Å²) < 4.78 is 0.724. The molecule has 0 fully saturated rings. The van der Waals surface area contributed by atoms with Gasteiger partial charge in [-0.1, -0.05) is 17.7 Å². The van der Waals surface area contributed by atoms with Gasteiger partial charge in [0.1, 0.15) is 0 Å². The van der Waals surface area contributed by atoms with Crippen molar-refractivity contribution in [2.75, 3.05) is 13.1 Å². The van der Waals surface area contributed by atoms with Crippen molar-refractivity contribution in [3.63, 3.8) is 0 Å². The third-order valence-corrected chi connectivity index (χ3v) is 4.84. The maximum atomic E-state index is 12.8. The zero-order valence-corrected chi connectivity index (χ0v) is 13.6. The third-order valence-electron chi connectivity index (χ3n) is 3.62. The monoisotopic (exact) mass is 336 g/mol. The topological polar surface area (TPSA) is 61.0 Å². The average molecular weight is 337 g/mol. The van der Waals surface area contributed by atoms with Crippen molar-refractivity contribution in [2.45, 2.75) is 19.5 Å². The molecule has 0 saturated heterocycles. The summed E-state index contributed by atoms with van der Waals surface area (Å²) in [7, 11) is 0. The number of rotatable bonds is 5. The Hall–Kier alpha value is -1.63. The molecule has 0 radical (unpaired) electrons. The Morgan fingerprint density at radius 3 is 3.14 bits per heavy atom. The molecule has 22 heavy (non-hydrogen) atoms. The average Bonchev–Trinajstić information content (AvgIpc) is 3.12. The van der Waals surface area contributed by atoms with Gasteiger partial charge in [-0.2, -0.15) is 5.10 Å². The van der Waals surface area contributed by atoms with Gasteiger partial charge in [0, 0.05) is 42.2 Å². The van der Waals surface area contributed by atoms with E-state index in [4.69, 9.17) is 11.6 Å². The fourth-order valence-electron chi connectivity index (χ4n) is 2.55. The van der Waals surface area contributed by atoms with Gasteiger partial charge in [-0.25, -0.2) is 0 Å². The predicted molar refractivity (Wildman–Crippen MR) is 88.3 cm³/mol. The second-order valence-electron chi connectivity index (χ2n) is 5.14. The number of carbonyl (C=O) groups excluding carboxylic acids is 1. The third kappa shape index (κ3) is 3.09. The molecule has 3 heterocycles. The Kier molecular flexibility index (Phi) is 4.61. The standard InChI is InChI=1S/C15H17ClN4OS/c1-2-7-20(9-10-3-4-13(16)22-10)15(21)14-11-8-17-6-5-12(11)18-19-14/h2-4,17H,1,5-9H2,(H,18,19). The highest BCUT2D eigenvalue weighted by molar-refractivity contribution is 7.16. The Bertz CT molecular complexity index is 694. The van der Waals surface area contributed by atoms with Crippen LogP contribution in [0.3, 0.4) is 0 Å². The molecule has 1 aliphatic heterocycles. The van der Waals surface area contributed by atoms with Crippen LogP contribution in [0.25, 0.3) is 0 Å². The van der Waals surface area contributed by atoms with E-state index < -0.39 is 0 Å². The summed E-state index contributed by atoms with van der Waals surface area (Å²) >= 11 is 7.45. The van der Waals surface area contributed by atoms with Crippen molar-refractivity contribution in [3.8, 4) is 0 Å². The first-order valence-electron chi connectivity index (χ1n) is 7.10. The van der Waals surface area contributed by atoms with Gasteiger partial charge < -0.3 is 10.2 Å². The Labute approximate surface area is 138 Å². The maximum Gasteiger partial charge on any atom is 0.275 e. The van der Waals surface area contributed by atoms with E-state index in [1.807, 2.05) is 12.1 Å². The van der Waals surface area contributed by atoms with Gasteiger partial charge in [0.15, 0.2) is 5.69 Å². The Morgan fingerprint density at radius 2 is 2.41 bits per heavy atom. The summed E-state index contributed by atoms with van der Waals surface area (Å²) in [6.45, 7) is 6.32. The van der Waals surface area contributed by atoms with Crippen LogP contribution in [0.5, 0.6) is 0 Å². The van der Waals surface area contributed by atoms with Gasteiger partial charge >= 0.3 is 0 Å². The number of hydrogen-bond acceptors (Lipinski definition) is 4. The highest BCUT2D eigenvalue weighted by atomic mass is 35.5. The molecule has 2 N–H and O–H groups in total. The molecule has 3 rings (SSSR count). The van der Waals surface area contributed by atoms with Crippen molar-refractivity contribution < 1.29 is 4.79 Å². The number of aromatic amines is 1. The molecule has 2 aromatic heterocycles. The molecule has 1 amide bonds. The lowest BCUT2D eigenvalue weighted by molar-refractivity contribution is 0.0757. The number of aromatic nitrogens is 2. The molecule has 0 aromatic carbocycles. The van der Waals surface area contributed by atoms with E-state index >= 15 is 0 Å². The van der Waals surface area contributed by atoms with Gasteiger partial charge in [-0.15, -0.1) is 17.9 Å². The molecule has 116 valence electrons. The van der Waals surface area contributed by atoms with E-state index in [9.17, 15) is 4.79 Å². The van der Waals surface area contributed by atoms with Crippen LogP contribution in [0, 0.1) is 0 Å². The zero-order chi connectivity index (χ0) is 15.5. The summed E-state index contributed by atoms with van der Waals surface area (Å²) in [5, 5.41) is 10.5. The van der Waals surface area contributed by atoms with E-state index in [-0.39, 0.29) is 5.91 Å². The molecule has 0 saturated carbocycles. The lowest BCUT2D eigenvalue weighted by atomic mass is 10.1. The van der Waals surface area contributed by atoms with Crippen molar-refractivity contribution in [2.24, 2.45) is 0 Å². The molecule has 0 aliphatic carbocycles. The minimum absolute atomic E-state index is 0.0781. The number of nitrogens with one attached hydrogen (secondary N) is 2. The number of H-pyrrole nitrogens is 1. The molecule has 1 aliphatic rings. The smallest absolute Gasteiger partial charge is 0.275 e. The minimum Gasteiger partial charge on any atom is -0.328 e. The molecule has 7 heteroatoms. The number of amides is 1. The van der Waals surface area contributed by atoms with Gasteiger partial charge in [-0.3, -0.25) is 9.89 Å². The van der Waals surface area contributed by atoms with Gasteiger partial charge in [0.25, 0.3) is 5.91 Å². The van der Waals surface area contributed by atoms with E-state index in [1.54, 1.807) is 11.0 Å². The van der Waals surface area contributed by atoms with Crippen LogP contribution in [-0.2, 0) is 19.5 Å². The van der Waals surface area contributed by atoms with E-state index in [1.165, 1.54) is 11.3 Å². The van der Waals surface area contributed by atoms with Crippen LogP contribution in [0.15, 0.2) is 24.8 Å². The summed E-state index contributed by atoms with van der Waals surface area (Å²) in [4.78, 5) is 15.6. The molecule has 2 aromatic rings. The highest BCUT2D eigenvalue weighted by Crippen LogP contribution is 2.24. The lowest BCUT2D eigenvalue weighted by Crippen LogP contribution is -2.32. The summed E-state index contributed by atoms with van der Waals surface area (Å²) in [5.74, 6) is -0.0781. The number of thiophene rings is 1. The minimum atomic E-state index is -0.0781. The van der Waals surface area contributed by atoms with E-state index in [0.717, 1.165) is 33.4 Å². The van der Waals surface area contributed by atoms with Gasteiger partial charge in [0.2, 0.25) is 0 Å². The first-order chi connectivity index (χ1) is 10.7. The van der Waals surface area contributed by atoms with Crippen LogP contribution in [-0.4, -0.2) is 34.1 Å². The zero-order valence-electron chi connectivity index (χ0n) is 12.1. The summed E-state index contributed by atoms with van der Waals surface area (Å²) in [6, 6.07) is 3.79. The molecule has 0 atom stereocenters. The highest BCUT2D eigenvalue weighted by Gasteiger charge is 2.25. The quantitative estimate of drug-likeness (QED) is 0.825. The van der Waals surface area contributed by atoms with Crippen molar-refractivity contribution in [3.05, 3.63) is 51.0 Å². The predicted octanol–water partition coefficient (Wildman–Crippen LogP) is 2.60. The Morgan fingerprint density at radius 1 is 1.55 bits per heavy atom. The van der Waals surface area contributed by atoms with Gasteiger partial charge in [0.05, 0.1) is 10.9 Å². The van der Waals surface area contributed by atoms with Gasteiger partial charge in [-0.05, 0) is 12.1 Å². The van der Waals surface area contributed by atoms with Crippen LogP contribution in [0.2, 0.25) is 4.34 Å². The second-order valence-corrected chi connectivity index (χ2v) is 6.94. The number of nitrogens with zero attached hydrogens (tertiary/aromatic N) is 2. The van der Waals surface area contributed by atoms with Crippen LogP contribution in [0.1, 0.15) is 26.6 Å². The number of hydrogen-bond donors (Lipinski definition) is 2. The molecule has 0 unspecified atom stereocenters. The number of fused-ring (bicyclic) bond motifs is 1. The van der Waals surface area contributed by atoms with Crippen LogP contribution < -0.4 is 5.32 Å². The number of halogens is 1. The molecule has 0 spiro atoms. The lowest BCUT2D eigenvalue weighted by Gasteiger charge is -2.21. The van der Waals surface area contributed by atoms with Crippen LogP contribution >= 0.6 is 22.9 Å². The molecular weight excluding hydrogens is 320 g/mol. The molecule has 0 bridgehead atoms. The van der Waals surface area contributed by atoms with Crippen molar-refractivity contribution >= 4 is 28.8 Å². The first kappa shape index (κ1) is 15.3. The van der Waals surface area contributed by atoms with E-state index in [2.05, 4.69) is 22.1 Å². The Balaban J connectivity index is 1.83. The van der Waals surface area contributed by atoms with Crippen molar-refractivity contribution in [1.82, 2.24) is 20.4 Å². The normalized spacial score (nSPS) is 13.7. The summed E-state index contributed by atoms with van der Waals surface area (Å²) in [6.07, 6.45) is 2.60. The maximum absolute atomic E-state index is 12.8. The number of carbonyl (C=O) groups is 1. The van der Waals surface area contributed by atoms with Crippen LogP contribution in [0.4, 0.5) is 0 Å². The SMILES string of the molecule is C=CCN(Cc1ccc(Cl)s1)C(=O)c1n[nH]c2c1CNCC2. The molecular formula is C15H17ClN4OS. The van der Waals surface area contributed by atoms with Crippen molar-refractivity contribution in [1.29, 1.82) is 0 Å². The van der Waals surface area contributed by atoms with E-state index in [0.29, 0.717) is 25.3 Å². The fourth-order valence-corrected chi connectivity index (χ4v) is 3.66. The largest absolute Gasteiger partial charge is 0.328 e. The molecule has 5 nitrogen and oxygen atoms in total. The second kappa shape index (κ2) is 6.64. The first-order valence-corrected chi connectivity index (χ1v) is 8.29.